The van der Waals surface area contributed by atoms with Crippen molar-refractivity contribution in [3.63, 3.8) is 0 Å². The van der Waals surface area contributed by atoms with Crippen LogP contribution >= 0.6 is 0 Å². The van der Waals surface area contributed by atoms with E-state index in [1.54, 1.807) is 0 Å². The molecule has 1 saturated heterocycles. The SMILES string of the molecule is Cc1cc(COc2ccc(N(C(=O)C(F)(F)F)C(CC(=O)NO)C3CCN(S(C)(=O)=O)CC3)cc2)c2ccccc2n1. The van der Waals surface area contributed by atoms with Gasteiger partial charge >= 0.3 is 12.1 Å². The molecule has 0 saturated carbocycles. The number of fused-ring (bicyclic) bond motifs is 1. The first-order chi connectivity index (χ1) is 19.8. The molecule has 2 aromatic carbocycles. The summed E-state index contributed by atoms with van der Waals surface area (Å²) in [6.45, 7) is 2.05. The molecule has 2 amide bonds. The van der Waals surface area contributed by atoms with Gasteiger partial charge < -0.3 is 9.64 Å². The zero-order valence-electron chi connectivity index (χ0n) is 23.0. The number of nitrogens with one attached hydrogen (secondary N) is 1. The van der Waals surface area contributed by atoms with Crippen LogP contribution in [0.2, 0.25) is 0 Å². The molecule has 1 unspecified atom stereocenters. The zero-order valence-corrected chi connectivity index (χ0v) is 23.8. The van der Waals surface area contributed by atoms with E-state index < -0.39 is 46.4 Å². The fourth-order valence-electron chi connectivity index (χ4n) is 5.27. The first-order valence-electron chi connectivity index (χ1n) is 13.1. The molecule has 42 heavy (non-hydrogen) atoms. The summed E-state index contributed by atoms with van der Waals surface area (Å²) in [5.41, 5.74) is 3.75. The summed E-state index contributed by atoms with van der Waals surface area (Å²) in [5.74, 6) is -3.49. The van der Waals surface area contributed by atoms with Crippen molar-refractivity contribution >= 4 is 38.4 Å². The first-order valence-corrected chi connectivity index (χ1v) is 15.0. The lowest BCUT2D eigenvalue weighted by atomic mass is 9.86. The Bertz CT molecular complexity index is 1540. The van der Waals surface area contributed by atoms with Gasteiger partial charge in [-0.3, -0.25) is 19.8 Å². The normalized spacial score (nSPS) is 15.8. The number of hydroxylamine groups is 1. The van der Waals surface area contributed by atoms with Crippen molar-refractivity contribution in [2.24, 2.45) is 5.92 Å². The molecule has 0 radical (unpaired) electrons. The molecule has 0 aliphatic carbocycles. The molecule has 0 spiro atoms. The quantitative estimate of drug-likeness (QED) is 0.278. The van der Waals surface area contributed by atoms with Crippen LogP contribution in [0.3, 0.4) is 0 Å². The van der Waals surface area contributed by atoms with Crippen LogP contribution in [-0.2, 0) is 26.2 Å². The van der Waals surface area contributed by atoms with Crippen molar-refractivity contribution in [2.75, 3.05) is 24.2 Å². The van der Waals surface area contributed by atoms with Gasteiger partial charge in [0, 0.05) is 47.9 Å². The Kier molecular flexibility index (Phi) is 9.38. The fraction of sp³-hybridized carbons (Fsp3) is 0.393. The molecule has 1 fully saturated rings. The highest BCUT2D eigenvalue weighted by atomic mass is 32.2. The summed E-state index contributed by atoms with van der Waals surface area (Å²) in [5, 5.41) is 10.0. The van der Waals surface area contributed by atoms with Gasteiger partial charge in [0.05, 0.1) is 11.8 Å². The van der Waals surface area contributed by atoms with Gasteiger partial charge in [0.25, 0.3) is 0 Å². The summed E-state index contributed by atoms with van der Waals surface area (Å²) in [4.78, 5) is 29.9. The molecular weight excluding hydrogens is 577 g/mol. The van der Waals surface area contributed by atoms with Crippen LogP contribution in [0.25, 0.3) is 10.9 Å². The molecule has 3 aromatic rings. The number of benzene rings is 2. The maximum atomic E-state index is 13.8. The van der Waals surface area contributed by atoms with E-state index in [1.807, 2.05) is 37.3 Å². The lowest BCUT2D eigenvalue weighted by Crippen LogP contribution is -2.54. The Morgan fingerprint density at radius 3 is 2.38 bits per heavy atom. The largest absolute Gasteiger partial charge is 0.489 e. The highest BCUT2D eigenvalue weighted by molar-refractivity contribution is 7.88. The van der Waals surface area contributed by atoms with E-state index in [4.69, 9.17) is 9.94 Å². The highest BCUT2D eigenvalue weighted by Crippen LogP contribution is 2.35. The zero-order chi connectivity index (χ0) is 30.7. The van der Waals surface area contributed by atoms with E-state index in [-0.39, 0.29) is 38.2 Å². The molecule has 2 N–H and O–H groups in total. The number of amides is 2. The molecule has 1 aliphatic heterocycles. The van der Waals surface area contributed by atoms with Gasteiger partial charge in [-0.2, -0.15) is 13.2 Å². The molecule has 4 rings (SSSR count). The predicted octanol–water partition coefficient (Wildman–Crippen LogP) is 3.95. The van der Waals surface area contributed by atoms with E-state index in [2.05, 4.69) is 4.98 Å². The van der Waals surface area contributed by atoms with Gasteiger partial charge in [-0.25, -0.2) is 18.2 Å². The number of hydrogen-bond donors (Lipinski definition) is 2. The van der Waals surface area contributed by atoms with Crippen LogP contribution in [0.5, 0.6) is 5.75 Å². The Morgan fingerprint density at radius 2 is 1.79 bits per heavy atom. The van der Waals surface area contributed by atoms with Crippen LogP contribution in [-0.4, -0.2) is 66.3 Å². The minimum absolute atomic E-state index is 0.0186. The number of piperidine rings is 1. The Balaban J connectivity index is 1.61. The van der Waals surface area contributed by atoms with Gasteiger partial charge in [0.15, 0.2) is 0 Å². The van der Waals surface area contributed by atoms with Crippen molar-refractivity contribution in [2.45, 2.75) is 45.0 Å². The molecule has 10 nitrogen and oxygen atoms in total. The third-order valence-corrected chi connectivity index (χ3v) is 8.57. The number of sulfonamides is 1. The summed E-state index contributed by atoms with van der Waals surface area (Å²) in [6, 6.07) is 13.6. The molecule has 2 heterocycles. The molecule has 0 bridgehead atoms. The van der Waals surface area contributed by atoms with Gasteiger partial charge in [-0.05, 0) is 62.1 Å². The summed E-state index contributed by atoms with van der Waals surface area (Å²) >= 11 is 0. The topological polar surface area (TPSA) is 129 Å². The lowest BCUT2D eigenvalue weighted by Gasteiger charge is -2.40. The van der Waals surface area contributed by atoms with Crippen molar-refractivity contribution in [1.29, 1.82) is 0 Å². The molecule has 14 heteroatoms. The Hall–Kier alpha value is -3.75. The van der Waals surface area contributed by atoms with Crippen molar-refractivity contribution < 1.29 is 41.1 Å². The fourth-order valence-corrected chi connectivity index (χ4v) is 6.14. The smallest absolute Gasteiger partial charge is 0.471 e. The van der Waals surface area contributed by atoms with Gasteiger partial charge in [-0.1, -0.05) is 18.2 Å². The maximum absolute atomic E-state index is 13.8. The number of alkyl halides is 3. The number of pyridine rings is 1. The Labute approximate surface area is 241 Å². The number of nitrogens with zero attached hydrogens (tertiary/aromatic N) is 3. The molecule has 1 aliphatic rings. The number of aryl methyl sites for hydroxylation is 1. The van der Waals surface area contributed by atoms with Crippen LogP contribution in [0.1, 0.15) is 30.5 Å². The summed E-state index contributed by atoms with van der Waals surface area (Å²) < 4.78 is 72.5. The molecule has 1 atom stereocenters. The number of anilines is 1. The molecule has 1 aromatic heterocycles. The number of para-hydroxylation sites is 1. The van der Waals surface area contributed by atoms with E-state index in [0.29, 0.717) is 10.6 Å². The molecular formula is C28H31F3N4O6S. The molecule has 226 valence electrons. The van der Waals surface area contributed by atoms with Crippen LogP contribution in [0.4, 0.5) is 18.9 Å². The highest BCUT2D eigenvalue weighted by Gasteiger charge is 2.47. The number of ether oxygens (including phenoxy) is 1. The predicted molar refractivity (Wildman–Crippen MR) is 148 cm³/mol. The monoisotopic (exact) mass is 608 g/mol. The van der Waals surface area contributed by atoms with Gasteiger partial charge in [0.2, 0.25) is 15.9 Å². The van der Waals surface area contributed by atoms with Crippen molar-refractivity contribution in [3.05, 3.63) is 65.9 Å². The van der Waals surface area contributed by atoms with Crippen molar-refractivity contribution in [1.82, 2.24) is 14.8 Å². The number of carbonyl (C=O) groups excluding carboxylic acids is 2. The summed E-state index contributed by atoms with van der Waals surface area (Å²) in [6.07, 6.45) is -4.64. The second-order valence-corrected chi connectivity index (χ2v) is 12.2. The average molecular weight is 609 g/mol. The van der Waals surface area contributed by atoms with Crippen LogP contribution in [0, 0.1) is 12.8 Å². The standard InChI is InChI=1S/C28H31F3N4O6S/c1-18-15-20(23-5-3-4-6-24(23)32-18)17-41-22-9-7-21(8-10-22)35(27(37)28(29,30)31)25(16-26(36)33-38)19-11-13-34(14-12-19)42(2,39)40/h3-10,15,19,25,38H,11-14,16-17H2,1-2H3,(H,33,36). The number of halogens is 3. The van der Waals surface area contributed by atoms with Crippen molar-refractivity contribution in [3.8, 4) is 5.75 Å². The second-order valence-electron chi connectivity index (χ2n) is 10.2. The van der Waals surface area contributed by atoms with Crippen LogP contribution in [0.15, 0.2) is 54.6 Å². The first kappa shape index (κ1) is 31.2. The van der Waals surface area contributed by atoms with Gasteiger partial charge in [-0.15, -0.1) is 0 Å². The second kappa shape index (κ2) is 12.6. The minimum Gasteiger partial charge on any atom is -0.489 e. The van der Waals surface area contributed by atoms with Gasteiger partial charge in [0.1, 0.15) is 12.4 Å². The van der Waals surface area contributed by atoms with E-state index >= 15 is 0 Å². The third-order valence-electron chi connectivity index (χ3n) is 7.26. The van der Waals surface area contributed by atoms with E-state index in [9.17, 15) is 31.2 Å². The van der Waals surface area contributed by atoms with E-state index in [0.717, 1.165) is 28.4 Å². The number of carbonyl (C=O) groups is 2. The maximum Gasteiger partial charge on any atom is 0.471 e. The van der Waals surface area contributed by atoms with Crippen LogP contribution < -0.4 is 15.1 Å². The van der Waals surface area contributed by atoms with E-state index in [1.165, 1.54) is 34.1 Å². The number of rotatable bonds is 9. The average Bonchev–Trinajstić information content (AvgIpc) is 2.95. The number of hydrogen-bond acceptors (Lipinski definition) is 7. The third kappa shape index (κ3) is 7.36. The minimum atomic E-state index is -5.27. The summed E-state index contributed by atoms with van der Waals surface area (Å²) in [7, 11) is -3.52. The Morgan fingerprint density at radius 1 is 1.14 bits per heavy atom. The lowest BCUT2D eigenvalue weighted by molar-refractivity contribution is -0.171. The number of aromatic nitrogens is 1.